The number of H-pyrrole nitrogens is 1. The maximum Gasteiger partial charge on any atom is 0.243 e. The first-order valence-electron chi connectivity index (χ1n) is 7.51. The van der Waals surface area contributed by atoms with Crippen LogP contribution in [0.3, 0.4) is 0 Å². The van der Waals surface area contributed by atoms with Crippen molar-refractivity contribution in [3.05, 3.63) is 34.6 Å². The molecule has 0 aliphatic rings. The van der Waals surface area contributed by atoms with Crippen LogP contribution in [0.1, 0.15) is 22.5 Å². The molecule has 7 nitrogen and oxygen atoms in total. The van der Waals surface area contributed by atoms with Gasteiger partial charge >= 0.3 is 0 Å². The molecule has 2 aromatic rings. The first kappa shape index (κ1) is 18.0. The van der Waals surface area contributed by atoms with E-state index in [0.29, 0.717) is 11.0 Å². The van der Waals surface area contributed by atoms with Gasteiger partial charge in [-0.1, -0.05) is 29.5 Å². The summed E-state index contributed by atoms with van der Waals surface area (Å²) in [5.41, 5.74) is 3.95. The minimum absolute atomic E-state index is 0.0703. The van der Waals surface area contributed by atoms with Crippen LogP contribution in [-0.2, 0) is 9.59 Å². The third-order valence-corrected chi connectivity index (χ3v) is 4.14. The summed E-state index contributed by atoms with van der Waals surface area (Å²) in [6.45, 7) is 7.63. The number of carbonyl (C=O) groups excluding carboxylic acids is 2. The molecule has 3 N–H and O–H groups in total. The smallest absolute Gasteiger partial charge is 0.243 e. The Kier molecular flexibility index (Phi) is 5.97. The van der Waals surface area contributed by atoms with Gasteiger partial charge < -0.3 is 10.6 Å². The lowest BCUT2D eigenvalue weighted by Crippen LogP contribution is -2.34. The van der Waals surface area contributed by atoms with Gasteiger partial charge in [0.1, 0.15) is 5.82 Å². The third kappa shape index (κ3) is 5.09. The van der Waals surface area contributed by atoms with Gasteiger partial charge in [0.15, 0.2) is 0 Å². The Balaban J connectivity index is 1.79. The summed E-state index contributed by atoms with van der Waals surface area (Å²) in [6, 6.07) is 4.02. The minimum atomic E-state index is -0.253. The number of hydrogen-bond acceptors (Lipinski definition) is 5. The van der Waals surface area contributed by atoms with Crippen molar-refractivity contribution in [2.45, 2.75) is 32.9 Å². The summed E-state index contributed by atoms with van der Waals surface area (Å²) in [5, 5.41) is 12.6. The number of thioether (sulfide) groups is 1. The molecular weight excluding hydrogens is 326 g/mol. The van der Waals surface area contributed by atoms with E-state index in [1.807, 2.05) is 32.9 Å². The van der Waals surface area contributed by atoms with E-state index in [-0.39, 0.29) is 24.1 Å². The molecule has 0 saturated carbocycles. The Morgan fingerprint density at radius 3 is 2.38 bits per heavy atom. The maximum absolute atomic E-state index is 12.0. The number of anilines is 1. The molecule has 1 heterocycles. The molecule has 128 valence electrons. The minimum Gasteiger partial charge on any atom is -0.346 e. The maximum atomic E-state index is 12.0. The largest absolute Gasteiger partial charge is 0.346 e. The number of nitrogens with zero attached hydrogens (tertiary/aromatic N) is 2. The SMILES string of the molecule is Cc1cc(C)c(NC(=O)CNC(=O)CSc2n[nH]c(C)n2)c(C)c1. The van der Waals surface area contributed by atoms with Crippen LogP contribution in [0.15, 0.2) is 17.3 Å². The van der Waals surface area contributed by atoms with E-state index in [2.05, 4.69) is 25.8 Å². The Morgan fingerprint density at radius 2 is 1.79 bits per heavy atom. The van der Waals surface area contributed by atoms with Crippen molar-refractivity contribution in [3.63, 3.8) is 0 Å². The second-order valence-corrected chi connectivity index (χ2v) is 6.53. The highest BCUT2D eigenvalue weighted by Crippen LogP contribution is 2.21. The van der Waals surface area contributed by atoms with Crippen molar-refractivity contribution in [3.8, 4) is 0 Å². The number of nitrogens with one attached hydrogen (secondary N) is 3. The molecule has 0 bridgehead atoms. The van der Waals surface area contributed by atoms with Crippen LogP contribution in [0.4, 0.5) is 5.69 Å². The summed E-state index contributed by atoms with van der Waals surface area (Å²) in [7, 11) is 0. The van der Waals surface area contributed by atoms with Crippen molar-refractivity contribution in [1.82, 2.24) is 20.5 Å². The normalized spacial score (nSPS) is 10.5. The molecule has 0 atom stereocenters. The fourth-order valence-electron chi connectivity index (χ4n) is 2.31. The van der Waals surface area contributed by atoms with Crippen LogP contribution in [-0.4, -0.2) is 39.3 Å². The van der Waals surface area contributed by atoms with Gasteiger partial charge in [0.2, 0.25) is 17.0 Å². The average molecular weight is 347 g/mol. The first-order valence-corrected chi connectivity index (χ1v) is 8.50. The summed E-state index contributed by atoms with van der Waals surface area (Å²) in [5.74, 6) is 0.362. The summed E-state index contributed by atoms with van der Waals surface area (Å²) >= 11 is 1.21. The van der Waals surface area contributed by atoms with E-state index < -0.39 is 0 Å². The van der Waals surface area contributed by atoms with Crippen molar-refractivity contribution >= 4 is 29.3 Å². The molecule has 0 aliphatic carbocycles. The molecular formula is C16H21N5O2S. The summed E-state index contributed by atoms with van der Waals surface area (Å²) in [4.78, 5) is 27.9. The second kappa shape index (κ2) is 7.96. The molecule has 1 aromatic carbocycles. The molecule has 24 heavy (non-hydrogen) atoms. The van der Waals surface area contributed by atoms with Gasteiger partial charge in [-0.2, -0.15) is 0 Å². The predicted molar refractivity (Wildman–Crippen MR) is 94.1 cm³/mol. The molecule has 0 aliphatic heterocycles. The fourth-order valence-corrected chi connectivity index (χ4v) is 2.98. The molecule has 0 saturated heterocycles. The van der Waals surface area contributed by atoms with Gasteiger partial charge in [-0.3, -0.25) is 14.7 Å². The lowest BCUT2D eigenvalue weighted by molar-refractivity contribution is -0.122. The predicted octanol–water partition coefficient (Wildman–Crippen LogP) is 1.89. The molecule has 8 heteroatoms. The summed E-state index contributed by atoms with van der Waals surface area (Å²) in [6.07, 6.45) is 0. The molecule has 2 rings (SSSR count). The van der Waals surface area contributed by atoms with Gasteiger partial charge in [0, 0.05) is 5.69 Å². The number of aryl methyl sites for hydroxylation is 4. The van der Waals surface area contributed by atoms with Crippen molar-refractivity contribution < 1.29 is 9.59 Å². The van der Waals surface area contributed by atoms with Crippen molar-refractivity contribution in [2.24, 2.45) is 0 Å². The number of aromatic amines is 1. The van der Waals surface area contributed by atoms with E-state index in [1.165, 1.54) is 11.8 Å². The van der Waals surface area contributed by atoms with Crippen LogP contribution in [0.25, 0.3) is 0 Å². The van der Waals surface area contributed by atoms with Crippen LogP contribution >= 0.6 is 11.8 Å². The molecule has 0 radical (unpaired) electrons. The highest BCUT2D eigenvalue weighted by Gasteiger charge is 2.11. The molecule has 2 amide bonds. The van der Waals surface area contributed by atoms with Gasteiger partial charge in [-0.15, -0.1) is 5.10 Å². The zero-order chi connectivity index (χ0) is 17.7. The van der Waals surface area contributed by atoms with Gasteiger partial charge in [0.05, 0.1) is 12.3 Å². The number of carbonyl (C=O) groups is 2. The van der Waals surface area contributed by atoms with E-state index >= 15 is 0 Å². The number of aromatic nitrogens is 3. The van der Waals surface area contributed by atoms with E-state index in [0.717, 1.165) is 22.4 Å². The number of amides is 2. The van der Waals surface area contributed by atoms with Crippen LogP contribution in [0, 0.1) is 27.7 Å². The van der Waals surface area contributed by atoms with Gasteiger partial charge in [-0.25, -0.2) is 4.98 Å². The number of benzene rings is 1. The third-order valence-electron chi connectivity index (χ3n) is 3.30. The monoisotopic (exact) mass is 347 g/mol. The van der Waals surface area contributed by atoms with E-state index in [9.17, 15) is 9.59 Å². The Hall–Kier alpha value is -2.35. The Morgan fingerprint density at radius 1 is 1.12 bits per heavy atom. The molecule has 1 aromatic heterocycles. The fraction of sp³-hybridized carbons (Fsp3) is 0.375. The zero-order valence-electron chi connectivity index (χ0n) is 14.2. The van der Waals surface area contributed by atoms with Crippen LogP contribution < -0.4 is 10.6 Å². The second-order valence-electron chi connectivity index (χ2n) is 5.59. The highest BCUT2D eigenvalue weighted by molar-refractivity contribution is 7.99. The van der Waals surface area contributed by atoms with E-state index in [1.54, 1.807) is 6.92 Å². The zero-order valence-corrected chi connectivity index (χ0v) is 15.0. The van der Waals surface area contributed by atoms with E-state index in [4.69, 9.17) is 0 Å². The van der Waals surface area contributed by atoms with Crippen molar-refractivity contribution in [1.29, 1.82) is 0 Å². The van der Waals surface area contributed by atoms with Crippen LogP contribution in [0.5, 0.6) is 0 Å². The lowest BCUT2D eigenvalue weighted by atomic mass is 10.1. The Bertz CT molecular complexity index is 734. The van der Waals surface area contributed by atoms with Crippen molar-refractivity contribution in [2.75, 3.05) is 17.6 Å². The first-order chi connectivity index (χ1) is 11.3. The molecule has 0 fully saturated rings. The Labute approximate surface area is 145 Å². The standard InChI is InChI=1S/C16H21N5O2S/c1-9-5-10(2)15(11(3)6-9)19-13(22)7-17-14(23)8-24-16-18-12(4)20-21-16/h5-6H,7-8H2,1-4H3,(H,17,23)(H,19,22)(H,18,20,21). The number of hydrogen-bond donors (Lipinski definition) is 3. The van der Waals surface area contributed by atoms with Gasteiger partial charge in [-0.05, 0) is 38.8 Å². The molecule has 0 spiro atoms. The quantitative estimate of drug-likeness (QED) is 0.693. The van der Waals surface area contributed by atoms with Crippen LogP contribution in [0.2, 0.25) is 0 Å². The average Bonchev–Trinajstić information content (AvgIpc) is 2.92. The van der Waals surface area contributed by atoms with Gasteiger partial charge in [0.25, 0.3) is 0 Å². The molecule has 0 unspecified atom stereocenters. The topological polar surface area (TPSA) is 99.8 Å². The highest BCUT2D eigenvalue weighted by atomic mass is 32.2. The lowest BCUT2D eigenvalue weighted by Gasteiger charge is -2.13. The summed E-state index contributed by atoms with van der Waals surface area (Å²) < 4.78 is 0. The number of rotatable bonds is 6.